The summed E-state index contributed by atoms with van der Waals surface area (Å²) in [4.78, 5) is 4.80. The molecule has 90 valence electrons. The van der Waals surface area contributed by atoms with E-state index in [0.29, 0.717) is 11.8 Å². The molecular weight excluding hydrogens is 206 g/mol. The molecule has 1 atom stereocenters. The molecule has 0 N–H and O–H groups in total. The maximum Gasteiger partial charge on any atom is 0.0708 e. The van der Waals surface area contributed by atoms with E-state index < -0.39 is 0 Å². The molecule has 17 heavy (non-hydrogen) atoms. The third-order valence-electron chi connectivity index (χ3n) is 3.65. The molecule has 0 aliphatic rings. The van der Waals surface area contributed by atoms with Crippen molar-refractivity contribution in [2.24, 2.45) is 5.92 Å². The number of aromatic nitrogens is 1. The Balaban J connectivity index is 2.48. The highest BCUT2D eigenvalue weighted by Crippen LogP contribution is 2.24. The number of pyridine rings is 1. The molecule has 2 aromatic rings. The van der Waals surface area contributed by atoms with Crippen molar-refractivity contribution in [3.8, 4) is 0 Å². The Labute approximate surface area is 104 Å². The van der Waals surface area contributed by atoms with Gasteiger partial charge in [-0.15, -0.1) is 0 Å². The largest absolute Gasteiger partial charge is 0.253 e. The van der Waals surface area contributed by atoms with Gasteiger partial charge in [-0.25, -0.2) is 0 Å². The van der Waals surface area contributed by atoms with Gasteiger partial charge in [0.2, 0.25) is 0 Å². The van der Waals surface area contributed by atoms with Crippen LogP contribution >= 0.6 is 0 Å². The van der Waals surface area contributed by atoms with Crippen LogP contribution < -0.4 is 0 Å². The molecule has 0 fully saturated rings. The van der Waals surface area contributed by atoms with Crippen molar-refractivity contribution in [1.82, 2.24) is 4.98 Å². The highest BCUT2D eigenvalue weighted by molar-refractivity contribution is 5.79. The first-order valence-corrected chi connectivity index (χ1v) is 6.51. The Morgan fingerprint density at radius 3 is 2.41 bits per heavy atom. The first-order valence-electron chi connectivity index (χ1n) is 6.51. The molecule has 0 radical (unpaired) electrons. The highest BCUT2D eigenvalue weighted by atomic mass is 14.7. The molecule has 1 unspecified atom stereocenters. The van der Waals surface area contributed by atoms with E-state index in [4.69, 9.17) is 4.98 Å². The first kappa shape index (κ1) is 12.1. The van der Waals surface area contributed by atoms with Crippen molar-refractivity contribution in [2.75, 3.05) is 0 Å². The molecule has 1 nitrogen and oxygen atoms in total. The van der Waals surface area contributed by atoms with Gasteiger partial charge < -0.3 is 0 Å². The molecule has 2 rings (SSSR count). The average molecular weight is 227 g/mol. The predicted octanol–water partition coefficient (Wildman–Crippen LogP) is 4.56. The van der Waals surface area contributed by atoms with E-state index in [1.54, 1.807) is 0 Å². The highest BCUT2D eigenvalue weighted by Gasteiger charge is 2.11. The third-order valence-corrected chi connectivity index (χ3v) is 3.65. The zero-order valence-corrected chi connectivity index (χ0v) is 11.2. The summed E-state index contributed by atoms with van der Waals surface area (Å²) in [5, 5.41) is 1.24. The van der Waals surface area contributed by atoms with Crippen molar-refractivity contribution in [2.45, 2.75) is 40.0 Å². The quantitative estimate of drug-likeness (QED) is 0.749. The summed E-state index contributed by atoms with van der Waals surface area (Å²) < 4.78 is 0. The fraction of sp³-hybridized carbons (Fsp3) is 0.438. The van der Waals surface area contributed by atoms with Crippen molar-refractivity contribution in [1.29, 1.82) is 0 Å². The minimum atomic E-state index is 0.518. The van der Waals surface area contributed by atoms with Gasteiger partial charge in [-0.3, -0.25) is 4.98 Å². The Bertz CT molecular complexity index is 514. The SMILES string of the molecule is CCc1ccc2ccc(C(C)C(C)C)nc2c1. The van der Waals surface area contributed by atoms with Gasteiger partial charge in [0.25, 0.3) is 0 Å². The minimum Gasteiger partial charge on any atom is -0.253 e. The second-order valence-electron chi connectivity index (χ2n) is 5.15. The second kappa shape index (κ2) is 4.87. The first-order chi connectivity index (χ1) is 8.11. The number of hydrogen-bond donors (Lipinski definition) is 0. The van der Waals surface area contributed by atoms with Crippen LogP contribution in [0.1, 0.15) is 44.9 Å². The number of rotatable bonds is 3. The fourth-order valence-corrected chi connectivity index (χ4v) is 1.99. The van der Waals surface area contributed by atoms with Crippen LogP contribution in [0, 0.1) is 5.92 Å². The zero-order chi connectivity index (χ0) is 12.4. The summed E-state index contributed by atoms with van der Waals surface area (Å²) in [5.41, 5.74) is 3.70. The standard InChI is InChI=1S/C16H21N/c1-5-13-6-7-14-8-9-15(12(4)11(2)3)17-16(14)10-13/h6-12H,5H2,1-4H3. The van der Waals surface area contributed by atoms with Gasteiger partial charge in [0.1, 0.15) is 0 Å². The van der Waals surface area contributed by atoms with Crippen LogP contribution in [0.3, 0.4) is 0 Å². The van der Waals surface area contributed by atoms with Gasteiger partial charge >= 0.3 is 0 Å². The third kappa shape index (κ3) is 2.49. The molecule has 0 aliphatic heterocycles. The molecular formula is C16H21N. The number of benzene rings is 1. The van der Waals surface area contributed by atoms with Crippen LogP contribution in [0.5, 0.6) is 0 Å². The van der Waals surface area contributed by atoms with Gasteiger partial charge in [0.15, 0.2) is 0 Å². The van der Waals surface area contributed by atoms with E-state index in [1.165, 1.54) is 16.6 Å². The number of fused-ring (bicyclic) bond motifs is 1. The lowest BCUT2D eigenvalue weighted by atomic mass is 9.94. The fourth-order valence-electron chi connectivity index (χ4n) is 1.99. The summed E-state index contributed by atoms with van der Waals surface area (Å²) in [5.74, 6) is 1.15. The van der Waals surface area contributed by atoms with E-state index >= 15 is 0 Å². The van der Waals surface area contributed by atoms with Crippen molar-refractivity contribution >= 4 is 10.9 Å². The summed E-state index contributed by atoms with van der Waals surface area (Å²) in [7, 11) is 0. The minimum absolute atomic E-state index is 0.518. The maximum atomic E-state index is 4.80. The molecule has 1 heteroatoms. The average Bonchev–Trinajstić information content (AvgIpc) is 2.36. The van der Waals surface area contributed by atoms with Gasteiger partial charge in [0.05, 0.1) is 5.52 Å². The Morgan fingerprint density at radius 2 is 1.76 bits per heavy atom. The lowest BCUT2D eigenvalue weighted by molar-refractivity contribution is 0.525. The van der Waals surface area contributed by atoms with Gasteiger partial charge in [-0.2, -0.15) is 0 Å². The lowest BCUT2D eigenvalue weighted by Crippen LogP contribution is -2.04. The second-order valence-corrected chi connectivity index (χ2v) is 5.15. The summed E-state index contributed by atoms with van der Waals surface area (Å²) in [6, 6.07) is 10.9. The van der Waals surface area contributed by atoms with Crippen molar-refractivity contribution in [3.63, 3.8) is 0 Å². The van der Waals surface area contributed by atoms with Gasteiger partial charge in [0, 0.05) is 17.0 Å². The molecule has 0 aliphatic carbocycles. The van der Waals surface area contributed by atoms with Gasteiger partial charge in [-0.1, -0.05) is 45.9 Å². The topological polar surface area (TPSA) is 12.9 Å². The number of aryl methyl sites for hydroxylation is 1. The summed E-state index contributed by atoms with van der Waals surface area (Å²) in [6.07, 6.45) is 1.07. The number of nitrogens with zero attached hydrogens (tertiary/aromatic N) is 1. The van der Waals surface area contributed by atoms with E-state index in [0.717, 1.165) is 11.9 Å². The molecule has 0 bridgehead atoms. The lowest BCUT2D eigenvalue weighted by Gasteiger charge is -2.15. The van der Waals surface area contributed by atoms with Crippen LogP contribution in [-0.2, 0) is 6.42 Å². The Kier molecular flexibility index (Phi) is 3.46. The Morgan fingerprint density at radius 1 is 1.06 bits per heavy atom. The van der Waals surface area contributed by atoms with Gasteiger partial charge in [-0.05, 0) is 30.0 Å². The van der Waals surface area contributed by atoms with Crippen LogP contribution in [0.2, 0.25) is 0 Å². The van der Waals surface area contributed by atoms with Crippen molar-refractivity contribution < 1.29 is 0 Å². The summed E-state index contributed by atoms with van der Waals surface area (Å²) >= 11 is 0. The monoisotopic (exact) mass is 227 g/mol. The summed E-state index contributed by atoms with van der Waals surface area (Å²) in [6.45, 7) is 8.93. The zero-order valence-electron chi connectivity index (χ0n) is 11.2. The van der Waals surface area contributed by atoms with Crippen LogP contribution in [0.4, 0.5) is 0 Å². The van der Waals surface area contributed by atoms with E-state index in [2.05, 4.69) is 58.0 Å². The van der Waals surface area contributed by atoms with Crippen LogP contribution in [0.15, 0.2) is 30.3 Å². The van der Waals surface area contributed by atoms with Crippen LogP contribution in [0.25, 0.3) is 10.9 Å². The molecule has 1 aromatic carbocycles. The molecule has 0 spiro atoms. The van der Waals surface area contributed by atoms with E-state index in [1.807, 2.05) is 0 Å². The van der Waals surface area contributed by atoms with Crippen LogP contribution in [-0.4, -0.2) is 4.98 Å². The molecule has 0 saturated carbocycles. The predicted molar refractivity (Wildman–Crippen MR) is 74.4 cm³/mol. The molecule has 0 amide bonds. The normalized spacial score (nSPS) is 13.2. The van der Waals surface area contributed by atoms with E-state index in [9.17, 15) is 0 Å². The molecule has 0 saturated heterocycles. The molecule has 1 aromatic heterocycles. The van der Waals surface area contributed by atoms with Crippen molar-refractivity contribution in [3.05, 3.63) is 41.6 Å². The van der Waals surface area contributed by atoms with E-state index in [-0.39, 0.29) is 0 Å². The Hall–Kier alpha value is -1.37. The maximum absolute atomic E-state index is 4.80. The smallest absolute Gasteiger partial charge is 0.0708 e. The number of hydrogen-bond acceptors (Lipinski definition) is 1. The molecule has 1 heterocycles.